The Hall–Kier alpha value is -1.15. The molecule has 0 aliphatic heterocycles. The van der Waals surface area contributed by atoms with E-state index in [9.17, 15) is 4.79 Å². The van der Waals surface area contributed by atoms with Gasteiger partial charge in [-0.1, -0.05) is 30.3 Å². The summed E-state index contributed by atoms with van der Waals surface area (Å²) in [5, 5.41) is 0. The molecule has 3 rings (SSSR count). The van der Waals surface area contributed by atoms with Gasteiger partial charge in [0.05, 0.1) is 12.7 Å². The van der Waals surface area contributed by atoms with Crippen LogP contribution in [0, 0.1) is 11.8 Å². The predicted octanol–water partition coefficient (Wildman–Crippen LogP) is 2.57. The smallest absolute Gasteiger partial charge is 0.136 e. The molecule has 2 heteroatoms. The molecule has 0 N–H and O–H groups in total. The molecule has 2 saturated carbocycles. The minimum absolute atomic E-state index is 0.307. The second-order valence-corrected chi connectivity index (χ2v) is 4.93. The number of carbonyl (C=O) groups is 1. The monoisotopic (exact) mass is 216 g/mol. The van der Waals surface area contributed by atoms with Crippen LogP contribution >= 0.6 is 0 Å². The van der Waals surface area contributed by atoms with Crippen molar-refractivity contribution in [1.82, 2.24) is 0 Å². The first-order valence-electron chi connectivity index (χ1n) is 6.01. The molecule has 2 aliphatic rings. The van der Waals surface area contributed by atoms with Crippen LogP contribution < -0.4 is 0 Å². The van der Waals surface area contributed by atoms with Gasteiger partial charge in [0.1, 0.15) is 5.78 Å². The van der Waals surface area contributed by atoms with Crippen LogP contribution in [0.25, 0.3) is 0 Å². The molecule has 2 nitrogen and oxygen atoms in total. The summed E-state index contributed by atoms with van der Waals surface area (Å²) in [6.07, 6.45) is 3.15. The second kappa shape index (κ2) is 4.02. The fourth-order valence-electron chi connectivity index (χ4n) is 2.87. The summed E-state index contributed by atoms with van der Waals surface area (Å²) in [4.78, 5) is 11.3. The van der Waals surface area contributed by atoms with Crippen molar-refractivity contribution in [3.05, 3.63) is 35.9 Å². The number of hydrogen-bond acceptors (Lipinski definition) is 2. The zero-order valence-electron chi connectivity index (χ0n) is 9.26. The first-order valence-corrected chi connectivity index (χ1v) is 6.01. The van der Waals surface area contributed by atoms with E-state index in [1.54, 1.807) is 0 Å². The lowest BCUT2D eigenvalue weighted by Crippen LogP contribution is -2.32. The largest absolute Gasteiger partial charge is 0.374 e. The van der Waals surface area contributed by atoms with Crippen molar-refractivity contribution in [3.63, 3.8) is 0 Å². The Morgan fingerprint density at radius 2 is 2.00 bits per heavy atom. The molecule has 0 amide bonds. The van der Waals surface area contributed by atoms with Crippen molar-refractivity contribution < 1.29 is 9.53 Å². The summed E-state index contributed by atoms with van der Waals surface area (Å²) in [5.74, 6) is 1.42. The molecular formula is C14H16O2. The van der Waals surface area contributed by atoms with E-state index in [1.165, 1.54) is 5.56 Å². The van der Waals surface area contributed by atoms with E-state index in [1.807, 2.05) is 18.2 Å². The Kier molecular flexibility index (Phi) is 2.52. The number of carbonyl (C=O) groups excluding carboxylic acids is 1. The Bertz CT molecular complexity index is 385. The van der Waals surface area contributed by atoms with Crippen molar-refractivity contribution in [2.24, 2.45) is 11.8 Å². The standard InChI is InChI=1S/C14H16O2/c15-14-7-11-6-12(8-13(11)14)16-9-10-4-2-1-3-5-10/h1-5,11-13H,6-9H2/t11-,12+,13-/m0/s1. The first-order chi connectivity index (χ1) is 7.83. The van der Waals surface area contributed by atoms with Crippen molar-refractivity contribution >= 4 is 5.78 Å². The molecule has 0 radical (unpaired) electrons. The number of Topliss-reactive ketones (excluding diaryl/α,β-unsaturated/α-hetero) is 1. The fourth-order valence-corrected chi connectivity index (χ4v) is 2.87. The molecule has 2 aliphatic carbocycles. The van der Waals surface area contributed by atoms with Crippen LogP contribution in [0.3, 0.4) is 0 Å². The zero-order chi connectivity index (χ0) is 11.0. The van der Waals surface area contributed by atoms with E-state index < -0.39 is 0 Å². The lowest BCUT2D eigenvalue weighted by atomic mass is 9.75. The molecule has 0 bridgehead atoms. The average Bonchev–Trinajstić information content (AvgIpc) is 2.65. The van der Waals surface area contributed by atoms with Gasteiger partial charge in [0, 0.05) is 12.3 Å². The number of benzene rings is 1. The molecule has 0 unspecified atom stereocenters. The van der Waals surface area contributed by atoms with Gasteiger partial charge in [0.25, 0.3) is 0 Å². The molecule has 16 heavy (non-hydrogen) atoms. The summed E-state index contributed by atoms with van der Waals surface area (Å²) in [6, 6.07) is 10.2. The van der Waals surface area contributed by atoms with Crippen LogP contribution in [0.1, 0.15) is 24.8 Å². The molecule has 0 saturated heterocycles. The van der Waals surface area contributed by atoms with Crippen molar-refractivity contribution in [2.45, 2.75) is 32.0 Å². The van der Waals surface area contributed by atoms with Crippen LogP contribution in [0.5, 0.6) is 0 Å². The van der Waals surface area contributed by atoms with Gasteiger partial charge in [0.2, 0.25) is 0 Å². The summed E-state index contributed by atoms with van der Waals surface area (Å²) in [5.41, 5.74) is 1.22. The minimum Gasteiger partial charge on any atom is -0.374 e. The highest BCUT2D eigenvalue weighted by atomic mass is 16.5. The highest BCUT2D eigenvalue weighted by Crippen LogP contribution is 2.45. The normalized spacial score (nSPS) is 32.2. The Balaban J connectivity index is 1.52. The van der Waals surface area contributed by atoms with Crippen LogP contribution in [-0.4, -0.2) is 11.9 Å². The molecular weight excluding hydrogens is 200 g/mol. The van der Waals surface area contributed by atoms with Gasteiger partial charge in [-0.15, -0.1) is 0 Å². The Morgan fingerprint density at radius 1 is 1.19 bits per heavy atom. The van der Waals surface area contributed by atoms with Crippen LogP contribution in [0.2, 0.25) is 0 Å². The van der Waals surface area contributed by atoms with Gasteiger partial charge in [-0.2, -0.15) is 0 Å². The minimum atomic E-state index is 0.307. The van der Waals surface area contributed by atoms with Gasteiger partial charge >= 0.3 is 0 Å². The maximum absolute atomic E-state index is 11.3. The lowest BCUT2D eigenvalue weighted by molar-refractivity contribution is -0.132. The van der Waals surface area contributed by atoms with Gasteiger partial charge < -0.3 is 4.74 Å². The highest BCUT2D eigenvalue weighted by Gasteiger charge is 2.47. The number of fused-ring (bicyclic) bond motifs is 1. The molecule has 3 atom stereocenters. The van der Waals surface area contributed by atoms with Gasteiger partial charge in [-0.05, 0) is 24.3 Å². The van der Waals surface area contributed by atoms with E-state index in [2.05, 4.69) is 12.1 Å². The van der Waals surface area contributed by atoms with Gasteiger partial charge in [-0.3, -0.25) is 4.79 Å². The summed E-state index contributed by atoms with van der Waals surface area (Å²) in [6.45, 7) is 0.680. The molecule has 84 valence electrons. The molecule has 0 spiro atoms. The van der Waals surface area contributed by atoms with E-state index in [0.29, 0.717) is 30.3 Å². The quantitative estimate of drug-likeness (QED) is 0.776. The number of hydrogen-bond donors (Lipinski definition) is 0. The van der Waals surface area contributed by atoms with E-state index in [4.69, 9.17) is 4.74 Å². The van der Waals surface area contributed by atoms with Gasteiger partial charge in [-0.25, -0.2) is 0 Å². The van der Waals surface area contributed by atoms with Crippen LogP contribution in [0.4, 0.5) is 0 Å². The Labute approximate surface area is 95.6 Å². The van der Waals surface area contributed by atoms with E-state index in [-0.39, 0.29) is 0 Å². The first kappa shape index (κ1) is 10.0. The van der Waals surface area contributed by atoms with Crippen LogP contribution in [0.15, 0.2) is 30.3 Å². The van der Waals surface area contributed by atoms with Crippen molar-refractivity contribution in [1.29, 1.82) is 0 Å². The maximum Gasteiger partial charge on any atom is 0.136 e. The molecule has 0 heterocycles. The molecule has 1 aromatic carbocycles. The third-order valence-corrected chi connectivity index (χ3v) is 3.86. The highest BCUT2D eigenvalue weighted by molar-refractivity contribution is 5.87. The molecule has 0 aromatic heterocycles. The number of ether oxygens (including phenoxy) is 1. The van der Waals surface area contributed by atoms with Crippen molar-refractivity contribution in [2.75, 3.05) is 0 Å². The second-order valence-electron chi connectivity index (χ2n) is 4.93. The fraction of sp³-hybridized carbons (Fsp3) is 0.500. The summed E-state index contributed by atoms with van der Waals surface area (Å²) < 4.78 is 5.87. The number of ketones is 1. The SMILES string of the molecule is O=C1C[C@@H]2C[C@@H](OCc3ccccc3)C[C@H]12. The molecule has 1 aromatic rings. The van der Waals surface area contributed by atoms with Gasteiger partial charge in [0.15, 0.2) is 0 Å². The van der Waals surface area contributed by atoms with Crippen molar-refractivity contribution in [3.8, 4) is 0 Å². The molecule has 2 fully saturated rings. The zero-order valence-corrected chi connectivity index (χ0v) is 9.26. The van der Waals surface area contributed by atoms with E-state index >= 15 is 0 Å². The maximum atomic E-state index is 11.3. The average molecular weight is 216 g/mol. The topological polar surface area (TPSA) is 26.3 Å². The summed E-state index contributed by atoms with van der Waals surface area (Å²) >= 11 is 0. The lowest BCUT2D eigenvalue weighted by Gasteiger charge is -2.27. The van der Waals surface area contributed by atoms with Crippen LogP contribution in [-0.2, 0) is 16.1 Å². The van der Waals surface area contributed by atoms with E-state index in [0.717, 1.165) is 19.3 Å². The summed E-state index contributed by atoms with van der Waals surface area (Å²) in [7, 11) is 0. The Morgan fingerprint density at radius 3 is 2.69 bits per heavy atom. The number of rotatable bonds is 3. The predicted molar refractivity (Wildman–Crippen MR) is 60.9 cm³/mol. The third kappa shape index (κ3) is 1.78. The third-order valence-electron chi connectivity index (χ3n) is 3.86.